The van der Waals surface area contributed by atoms with Crippen LogP contribution < -0.4 is 15.8 Å². The SMILES string of the molecule is CCc1oc([C@@H](C)CO[Si](c2ccccc2)(c2ccccc2)C(C)(C)C)c(C)c(=O)c1C. The highest BCUT2D eigenvalue weighted by atomic mass is 28.4. The molecule has 1 atom stereocenters. The third kappa shape index (κ3) is 4.39. The van der Waals surface area contributed by atoms with Crippen LogP contribution in [-0.2, 0) is 10.8 Å². The summed E-state index contributed by atoms with van der Waals surface area (Å²) in [6.45, 7) is 15.1. The van der Waals surface area contributed by atoms with Crippen LogP contribution in [0.2, 0.25) is 5.04 Å². The molecule has 0 unspecified atom stereocenters. The molecule has 2 aromatic carbocycles. The minimum atomic E-state index is -2.63. The quantitative estimate of drug-likeness (QED) is 0.448. The van der Waals surface area contributed by atoms with Gasteiger partial charge in [0.05, 0.1) is 0 Å². The van der Waals surface area contributed by atoms with Gasteiger partial charge in [-0.2, -0.15) is 0 Å². The zero-order valence-corrected chi connectivity index (χ0v) is 21.5. The normalized spacial score (nSPS) is 13.2. The Morgan fingerprint density at radius 3 is 1.84 bits per heavy atom. The fourth-order valence-electron chi connectivity index (χ4n) is 4.70. The first-order chi connectivity index (χ1) is 15.1. The van der Waals surface area contributed by atoms with Crippen LogP contribution in [0.25, 0.3) is 0 Å². The molecular weight excluding hydrogens is 412 g/mol. The molecule has 1 aromatic heterocycles. The fourth-order valence-corrected chi connectivity index (χ4v) is 9.36. The van der Waals surface area contributed by atoms with Crippen molar-refractivity contribution in [3.8, 4) is 0 Å². The van der Waals surface area contributed by atoms with Crippen molar-refractivity contribution in [2.24, 2.45) is 0 Å². The van der Waals surface area contributed by atoms with Gasteiger partial charge in [-0.1, -0.05) is 95.3 Å². The number of hydrogen-bond acceptors (Lipinski definition) is 3. The molecule has 3 nitrogen and oxygen atoms in total. The van der Waals surface area contributed by atoms with Crippen molar-refractivity contribution in [3.05, 3.63) is 93.5 Å². The Bertz CT molecular complexity index is 1060. The van der Waals surface area contributed by atoms with Crippen molar-refractivity contribution < 1.29 is 8.84 Å². The molecule has 32 heavy (non-hydrogen) atoms. The monoisotopic (exact) mass is 448 g/mol. The molecule has 0 N–H and O–H groups in total. The van der Waals surface area contributed by atoms with Crippen LogP contribution in [0, 0.1) is 13.8 Å². The summed E-state index contributed by atoms with van der Waals surface area (Å²) in [6.07, 6.45) is 0.705. The van der Waals surface area contributed by atoms with E-state index in [0.717, 1.165) is 11.5 Å². The van der Waals surface area contributed by atoms with Gasteiger partial charge in [0.25, 0.3) is 8.32 Å². The predicted octanol–water partition coefficient (Wildman–Crippen LogP) is 5.50. The lowest BCUT2D eigenvalue weighted by Gasteiger charge is -2.43. The molecule has 0 aliphatic rings. The Morgan fingerprint density at radius 1 is 0.906 bits per heavy atom. The highest BCUT2D eigenvalue weighted by Crippen LogP contribution is 2.37. The van der Waals surface area contributed by atoms with Crippen molar-refractivity contribution >= 4 is 18.7 Å². The first-order valence-electron chi connectivity index (χ1n) is 11.5. The lowest BCUT2D eigenvalue weighted by Crippen LogP contribution is -2.66. The maximum Gasteiger partial charge on any atom is 0.261 e. The lowest BCUT2D eigenvalue weighted by atomic mass is 10.0. The van der Waals surface area contributed by atoms with E-state index in [1.54, 1.807) is 0 Å². The molecule has 0 amide bonds. The van der Waals surface area contributed by atoms with Crippen LogP contribution >= 0.6 is 0 Å². The fraction of sp³-hybridized carbons (Fsp3) is 0.393. The van der Waals surface area contributed by atoms with Crippen molar-refractivity contribution in [3.63, 3.8) is 0 Å². The second kappa shape index (κ2) is 9.59. The average Bonchev–Trinajstić information content (AvgIpc) is 2.78. The van der Waals surface area contributed by atoms with Gasteiger partial charge in [0.2, 0.25) is 0 Å². The van der Waals surface area contributed by atoms with E-state index < -0.39 is 8.32 Å². The zero-order chi connectivity index (χ0) is 23.5. The van der Waals surface area contributed by atoms with E-state index in [0.29, 0.717) is 24.2 Å². The van der Waals surface area contributed by atoms with Gasteiger partial charge in [-0.15, -0.1) is 0 Å². The zero-order valence-electron chi connectivity index (χ0n) is 20.5. The standard InChI is InChI=1S/C28H36O3Si/c1-8-25-21(3)26(29)22(4)27(31-25)20(2)19-30-32(28(5,6)7,23-15-11-9-12-16-23)24-17-13-10-14-18-24/h9-18,20H,8,19H2,1-7H3/t20-/m0/s1. The van der Waals surface area contributed by atoms with Crippen molar-refractivity contribution in [1.29, 1.82) is 0 Å². The minimum Gasteiger partial charge on any atom is -0.465 e. The molecule has 3 rings (SSSR count). The van der Waals surface area contributed by atoms with Crippen LogP contribution in [0.15, 0.2) is 69.9 Å². The second-order valence-corrected chi connectivity index (χ2v) is 14.0. The Hall–Kier alpha value is -2.43. The molecule has 1 heterocycles. The molecule has 4 heteroatoms. The van der Waals surface area contributed by atoms with Crippen LogP contribution in [0.4, 0.5) is 0 Å². The van der Waals surface area contributed by atoms with Crippen LogP contribution in [0.5, 0.6) is 0 Å². The molecule has 0 radical (unpaired) electrons. The third-order valence-corrected chi connectivity index (χ3v) is 11.4. The molecule has 0 saturated heterocycles. The summed E-state index contributed by atoms with van der Waals surface area (Å²) in [5.41, 5.74) is 1.49. The molecule has 0 aliphatic heterocycles. The maximum atomic E-state index is 12.8. The van der Waals surface area contributed by atoms with Gasteiger partial charge in [-0.3, -0.25) is 4.79 Å². The first-order valence-corrected chi connectivity index (χ1v) is 13.4. The molecule has 3 aromatic rings. The van der Waals surface area contributed by atoms with Gasteiger partial charge < -0.3 is 8.84 Å². The number of benzene rings is 2. The van der Waals surface area contributed by atoms with Gasteiger partial charge in [0.1, 0.15) is 11.5 Å². The molecule has 170 valence electrons. The summed E-state index contributed by atoms with van der Waals surface area (Å²) >= 11 is 0. The van der Waals surface area contributed by atoms with Gasteiger partial charge in [0, 0.05) is 30.1 Å². The van der Waals surface area contributed by atoms with E-state index in [1.165, 1.54) is 10.4 Å². The Balaban J connectivity index is 2.08. The van der Waals surface area contributed by atoms with Gasteiger partial charge in [-0.25, -0.2) is 0 Å². The molecule has 0 aliphatic carbocycles. The van der Waals surface area contributed by atoms with Crippen LogP contribution in [0.3, 0.4) is 0 Å². The number of rotatable bonds is 7. The predicted molar refractivity (Wildman–Crippen MR) is 136 cm³/mol. The average molecular weight is 449 g/mol. The van der Waals surface area contributed by atoms with Gasteiger partial charge in [0.15, 0.2) is 5.43 Å². The molecule has 0 fully saturated rings. The smallest absolute Gasteiger partial charge is 0.261 e. The molecular formula is C28H36O3Si. The molecule has 0 saturated carbocycles. The van der Waals surface area contributed by atoms with Gasteiger partial charge in [-0.05, 0) is 29.3 Å². The second-order valence-electron chi connectivity index (χ2n) is 9.70. The Labute approximate surface area is 193 Å². The van der Waals surface area contributed by atoms with E-state index in [-0.39, 0.29) is 16.4 Å². The maximum absolute atomic E-state index is 12.8. The summed E-state index contributed by atoms with van der Waals surface area (Å²) < 4.78 is 13.3. The van der Waals surface area contributed by atoms with Crippen LogP contribution in [-0.4, -0.2) is 14.9 Å². The summed E-state index contributed by atoms with van der Waals surface area (Å²) in [5, 5.41) is 2.41. The lowest BCUT2D eigenvalue weighted by molar-refractivity contribution is 0.257. The van der Waals surface area contributed by atoms with E-state index in [9.17, 15) is 4.79 Å². The van der Waals surface area contributed by atoms with E-state index >= 15 is 0 Å². The Kier molecular flexibility index (Phi) is 7.26. The van der Waals surface area contributed by atoms with E-state index in [1.807, 2.05) is 20.8 Å². The largest absolute Gasteiger partial charge is 0.465 e. The third-order valence-electron chi connectivity index (χ3n) is 6.44. The number of hydrogen-bond donors (Lipinski definition) is 0. The van der Waals surface area contributed by atoms with Crippen molar-refractivity contribution in [2.45, 2.75) is 65.8 Å². The van der Waals surface area contributed by atoms with E-state index in [4.69, 9.17) is 8.84 Å². The Morgan fingerprint density at radius 2 is 1.41 bits per heavy atom. The highest BCUT2D eigenvalue weighted by molar-refractivity contribution is 6.99. The number of aryl methyl sites for hydroxylation is 1. The topological polar surface area (TPSA) is 39.4 Å². The highest BCUT2D eigenvalue weighted by Gasteiger charge is 2.50. The molecule has 0 spiro atoms. The summed E-state index contributed by atoms with van der Waals surface area (Å²) in [7, 11) is -2.63. The van der Waals surface area contributed by atoms with Gasteiger partial charge >= 0.3 is 0 Å². The van der Waals surface area contributed by atoms with E-state index in [2.05, 4.69) is 88.4 Å². The van der Waals surface area contributed by atoms with Crippen molar-refractivity contribution in [1.82, 2.24) is 0 Å². The van der Waals surface area contributed by atoms with Crippen LogP contribution in [0.1, 0.15) is 63.2 Å². The van der Waals surface area contributed by atoms with Crippen molar-refractivity contribution in [2.75, 3.05) is 6.61 Å². The minimum absolute atomic E-state index is 0.0322. The summed E-state index contributed by atoms with van der Waals surface area (Å²) in [6, 6.07) is 21.3. The summed E-state index contributed by atoms with van der Waals surface area (Å²) in [5.74, 6) is 1.48. The first kappa shape index (κ1) is 24.2. The molecule has 0 bridgehead atoms. The summed E-state index contributed by atoms with van der Waals surface area (Å²) in [4.78, 5) is 12.8.